The summed E-state index contributed by atoms with van der Waals surface area (Å²) in [6.45, 7) is 6.72. The van der Waals surface area contributed by atoms with Crippen LogP contribution in [0.25, 0.3) is 0 Å². The lowest BCUT2D eigenvalue weighted by Gasteiger charge is -2.18. The van der Waals surface area contributed by atoms with E-state index in [-0.39, 0.29) is 0 Å². The summed E-state index contributed by atoms with van der Waals surface area (Å²) in [6, 6.07) is 0.773. The Labute approximate surface area is 99.3 Å². The summed E-state index contributed by atoms with van der Waals surface area (Å²) in [5, 5.41) is 7.14. The molecule has 2 saturated heterocycles. The molecule has 2 rings (SSSR count). The van der Waals surface area contributed by atoms with Gasteiger partial charge in [-0.1, -0.05) is 6.92 Å². The summed E-state index contributed by atoms with van der Waals surface area (Å²) in [4.78, 5) is 0. The van der Waals surface area contributed by atoms with Crippen molar-refractivity contribution in [2.45, 2.75) is 51.2 Å². The topological polar surface area (TPSA) is 33.3 Å². The van der Waals surface area contributed by atoms with E-state index in [2.05, 4.69) is 17.6 Å². The number of hydrogen-bond acceptors (Lipinski definition) is 3. The second kappa shape index (κ2) is 6.58. The third kappa shape index (κ3) is 3.44. The second-order valence-corrected chi connectivity index (χ2v) is 5.15. The summed E-state index contributed by atoms with van der Waals surface area (Å²) < 4.78 is 5.69. The van der Waals surface area contributed by atoms with Gasteiger partial charge in [0, 0.05) is 19.2 Å². The van der Waals surface area contributed by atoms with Gasteiger partial charge in [-0.15, -0.1) is 0 Å². The van der Waals surface area contributed by atoms with E-state index in [4.69, 9.17) is 4.74 Å². The number of hydrogen-bond donors (Lipinski definition) is 2. The van der Waals surface area contributed by atoms with Crippen molar-refractivity contribution >= 4 is 0 Å². The van der Waals surface area contributed by atoms with Crippen LogP contribution in [0.5, 0.6) is 0 Å². The van der Waals surface area contributed by atoms with E-state index in [0.29, 0.717) is 6.10 Å². The van der Waals surface area contributed by atoms with E-state index in [1.54, 1.807) is 0 Å². The maximum absolute atomic E-state index is 5.69. The van der Waals surface area contributed by atoms with Gasteiger partial charge in [-0.3, -0.25) is 0 Å². The van der Waals surface area contributed by atoms with E-state index < -0.39 is 0 Å². The Balaban J connectivity index is 1.53. The zero-order valence-corrected chi connectivity index (χ0v) is 10.5. The Morgan fingerprint density at radius 1 is 1.38 bits per heavy atom. The van der Waals surface area contributed by atoms with Crippen LogP contribution in [-0.4, -0.2) is 38.4 Å². The van der Waals surface area contributed by atoms with Crippen LogP contribution in [0.2, 0.25) is 0 Å². The van der Waals surface area contributed by atoms with Gasteiger partial charge in [-0.05, 0) is 51.1 Å². The fourth-order valence-corrected chi connectivity index (χ4v) is 2.94. The summed E-state index contributed by atoms with van der Waals surface area (Å²) in [5.41, 5.74) is 0. The molecule has 3 nitrogen and oxygen atoms in total. The minimum Gasteiger partial charge on any atom is -0.378 e. The van der Waals surface area contributed by atoms with Crippen LogP contribution in [0.4, 0.5) is 0 Å². The Kier molecular flexibility index (Phi) is 5.07. The van der Waals surface area contributed by atoms with Gasteiger partial charge in [0.2, 0.25) is 0 Å². The van der Waals surface area contributed by atoms with Gasteiger partial charge in [0.25, 0.3) is 0 Å². The number of rotatable bonds is 6. The van der Waals surface area contributed by atoms with E-state index in [9.17, 15) is 0 Å². The van der Waals surface area contributed by atoms with Crippen molar-refractivity contribution in [2.24, 2.45) is 5.92 Å². The molecule has 0 aromatic carbocycles. The second-order valence-electron chi connectivity index (χ2n) is 5.15. The van der Waals surface area contributed by atoms with Gasteiger partial charge in [-0.2, -0.15) is 0 Å². The van der Waals surface area contributed by atoms with Crippen molar-refractivity contribution in [1.82, 2.24) is 10.6 Å². The van der Waals surface area contributed by atoms with E-state index in [1.807, 2.05) is 0 Å². The fraction of sp³-hybridized carbons (Fsp3) is 1.00. The molecule has 2 fully saturated rings. The average Bonchev–Trinajstić information content (AvgIpc) is 2.95. The van der Waals surface area contributed by atoms with E-state index >= 15 is 0 Å². The predicted molar refractivity (Wildman–Crippen MR) is 66.6 cm³/mol. The first kappa shape index (κ1) is 12.3. The lowest BCUT2D eigenvalue weighted by atomic mass is 9.99. The molecule has 0 radical (unpaired) electrons. The molecule has 3 heteroatoms. The molecule has 2 aliphatic heterocycles. The van der Waals surface area contributed by atoms with Crippen molar-refractivity contribution in [1.29, 1.82) is 0 Å². The summed E-state index contributed by atoms with van der Waals surface area (Å²) in [5.74, 6) is 0.751. The molecule has 16 heavy (non-hydrogen) atoms. The van der Waals surface area contributed by atoms with Crippen LogP contribution in [0.15, 0.2) is 0 Å². The smallest absolute Gasteiger partial charge is 0.0613 e. The highest BCUT2D eigenvalue weighted by molar-refractivity contribution is 4.78. The third-order valence-corrected chi connectivity index (χ3v) is 3.99. The van der Waals surface area contributed by atoms with Gasteiger partial charge in [0.05, 0.1) is 6.10 Å². The number of ether oxygens (including phenoxy) is 1. The van der Waals surface area contributed by atoms with Crippen LogP contribution in [-0.2, 0) is 4.74 Å². The van der Waals surface area contributed by atoms with E-state index in [0.717, 1.165) is 38.1 Å². The Morgan fingerprint density at radius 3 is 3.06 bits per heavy atom. The largest absolute Gasteiger partial charge is 0.378 e. The van der Waals surface area contributed by atoms with Gasteiger partial charge < -0.3 is 15.4 Å². The van der Waals surface area contributed by atoms with Crippen LogP contribution in [0, 0.1) is 5.92 Å². The monoisotopic (exact) mass is 226 g/mol. The zero-order chi connectivity index (χ0) is 11.2. The van der Waals surface area contributed by atoms with E-state index in [1.165, 1.54) is 32.2 Å². The highest BCUT2D eigenvalue weighted by atomic mass is 16.5. The molecule has 2 N–H and O–H groups in total. The van der Waals surface area contributed by atoms with Crippen LogP contribution >= 0.6 is 0 Å². The molecule has 0 spiro atoms. The normalized spacial score (nSPS) is 34.7. The van der Waals surface area contributed by atoms with Crippen molar-refractivity contribution in [3.63, 3.8) is 0 Å². The summed E-state index contributed by atoms with van der Waals surface area (Å²) >= 11 is 0. The molecule has 3 atom stereocenters. The third-order valence-electron chi connectivity index (χ3n) is 3.99. The fourth-order valence-electron chi connectivity index (χ4n) is 2.94. The van der Waals surface area contributed by atoms with Gasteiger partial charge >= 0.3 is 0 Å². The summed E-state index contributed by atoms with van der Waals surface area (Å²) in [7, 11) is 0. The van der Waals surface area contributed by atoms with Crippen LogP contribution < -0.4 is 10.6 Å². The van der Waals surface area contributed by atoms with Crippen molar-refractivity contribution < 1.29 is 4.74 Å². The molecule has 0 bridgehead atoms. The average molecular weight is 226 g/mol. The molecular weight excluding hydrogens is 200 g/mol. The molecular formula is C13H26N2O. The van der Waals surface area contributed by atoms with Gasteiger partial charge in [0.1, 0.15) is 0 Å². The lowest BCUT2D eigenvalue weighted by molar-refractivity contribution is 0.0873. The van der Waals surface area contributed by atoms with Crippen LogP contribution in [0.3, 0.4) is 0 Å². The highest BCUT2D eigenvalue weighted by Gasteiger charge is 2.26. The zero-order valence-electron chi connectivity index (χ0n) is 10.5. The maximum Gasteiger partial charge on any atom is 0.0613 e. The number of nitrogens with one attached hydrogen (secondary N) is 2. The molecule has 3 unspecified atom stereocenters. The maximum atomic E-state index is 5.69. The Hall–Kier alpha value is -0.120. The van der Waals surface area contributed by atoms with Crippen molar-refractivity contribution in [3.05, 3.63) is 0 Å². The van der Waals surface area contributed by atoms with Gasteiger partial charge in [-0.25, -0.2) is 0 Å². The SMILES string of the molecule is CCC1OCCC1CNCCC1CCCN1. The van der Waals surface area contributed by atoms with Crippen molar-refractivity contribution in [2.75, 3.05) is 26.2 Å². The minimum absolute atomic E-state index is 0.511. The molecule has 2 heterocycles. The molecule has 0 saturated carbocycles. The molecule has 2 aliphatic rings. The standard InChI is InChI=1S/C13H26N2O/c1-2-13-11(6-9-16-13)10-14-8-5-12-4-3-7-15-12/h11-15H,2-10H2,1H3. The lowest BCUT2D eigenvalue weighted by Crippen LogP contribution is -2.32. The Bertz CT molecular complexity index is 192. The molecule has 94 valence electrons. The van der Waals surface area contributed by atoms with Crippen LogP contribution in [0.1, 0.15) is 39.0 Å². The molecule has 0 aromatic rings. The Morgan fingerprint density at radius 2 is 2.31 bits per heavy atom. The molecule has 0 aromatic heterocycles. The predicted octanol–water partition coefficient (Wildman–Crippen LogP) is 1.53. The van der Waals surface area contributed by atoms with Crippen molar-refractivity contribution in [3.8, 4) is 0 Å². The first-order valence-electron chi connectivity index (χ1n) is 6.96. The summed E-state index contributed by atoms with van der Waals surface area (Å²) in [6.07, 6.45) is 6.93. The highest BCUT2D eigenvalue weighted by Crippen LogP contribution is 2.22. The molecule has 0 amide bonds. The quantitative estimate of drug-likeness (QED) is 0.674. The minimum atomic E-state index is 0.511. The van der Waals surface area contributed by atoms with Gasteiger partial charge in [0.15, 0.2) is 0 Å². The first-order valence-corrected chi connectivity index (χ1v) is 6.96. The molecule has 0 aliphatic carbocycles. The first-order chi connectivity index (χ1) is 7.90.